The lowest BCUT2D eigenvalue weighted by atomic mass is 9.80. The molecule has 2 aromatic carbocycles. The average Bonchev–Trinajstić information content (AvgIpc) is 3.56. The predicted molar refractivity (Wildman–Crippen MR) is 147 cm³/mol. The zero-order valence-corrected chi connectivity index (χ0v) is 22.4. The quantitative estimate of drug-likeness (QED) is 0.374. The minimum absolute atomic E-state index is 0.0103. The summed E-state index contributed by atoms with van der Waals surface area (Å²) >= 11 is 1.43. The third kappa shape index (κ3) is 6.29. The first kappa shape index (κ1) is 26.8. The second-order valence-corrected chi connectivity index (χ2v) is 11.3. The number of amides is 2. The number of carbonyl (C=O) groups is 3. The van der Waals surface area contributed by atoms with Crippen molar-refractivity contribution in [1.29, 1.82) is 0 Å². The Labute approximate surface area is 231 Å². The first-order valence-corrected chi connectivity index (χ1v) is 14.0. The summed E-state index contributed by atoms with van der Waals surface area (Å²) in [5.74, 6) is -0.683. The normalized spacial score (nSPS) is 16.5. The number of hydrogen-bond donors (Lipinski definition) is 3. The van der Waals surface area contributed by atoms with Crippen molar-refractivity contribution < 1.29 is 24.2 Å². The number of thiazole rings is 1. The number of nitrogens with one attached hydrogen (secondary N) is 1. The van der Waals surface area contributed by atoms with E-state index in [1.54, 1.807) is 4.90 Å². The monoisotopic (exact) mass is 548 g/mol. The third-order valence-corrected chi connectivity index (χ3v) is 8.35. The smallest absolute Gasteiger partial charge is 0.304 e. The largest absolute Gasteiger partial charge is 0.484 e. The average molecular weight is 549 g/mol. The van der Waals surface area contributed by atoms with E-state index in [-0.39, 0.29) is 37.4 Å². The highest BCUT2D eigenvalue weighted by Crippen LogP contribution is 2.40. The van der Waals surface area contributed by atoms with Crippen LogP contribution in [0, 0.1) is 5.41 Å². The minimum atomic E-state index is -0.992. The van der Waals surface area contributed by atoms with Crippen molar-refractivity contribution in [2.75, 3.05) is 19.7 Å². The zero-order chi connectivity index (χ0) is 27.4. The molecule has 0 atom stereocenters. The Bertz CT molecular complexity index is 1320. The Kier molecular flexibility index (Phi) is 7.94. The van der Waals surface area contributed by atoms with E-state index in [9.17, 15) is 19.5 Å². The highest BCUT2D eigenvalue weighted by Gasteiger charge is 2.45. The molecule has 0 saturated carbocycles. The standard InChI is InChI=1S/C29H32N4O5S/c30-22-9-11-33(12-10-22)26(34)17-38-23-7-5-19(6-8-23)24-18-39-25(32-24)16-31-28(37)29(15-27(35)36)13-20-3-1-2-4-21(20)14-29/h1-8,18,22H,9-17,30H2,(H,31,37)(H,35,36). The molecule has 1 aliphatic carbocycles. The highest BCUT2D eigenvalue weighted by molar-refractivity contribution is 7.09. The molecule has 39 heavy (non-hydrogen) atoms. The number of likely N-dealkylation sites (tertiary alicyclic amines) is 1. The number of carboxylic acids is 1. The van der Waals surface area contributed by atoms with Crippen LogP contribution in [-0.2, 0) is 33.8 Å². The van der Waals surface area contributed by atoms with Crippen LogP contribution in [-0.4, -0.2) is 58.5 Å². The summed E-state index contributed by atoms with van der Waals surface area (Å²) in [5.41, 5.74) is 8.62. The SMILES string of the molecule is NC1CCN(C(=O)COc2ccc(-c3csc(CNC(=O)C4(CC(=O)O)Cc5ccccc5C4)n3)cc2)CC1. The number of ether oxygens (including phenoxy) is 1. The van der Waals surface area contributed by atoms with Gasteiger partial charge < -0.3 is 25.8 Å². The van der Waals surface area contributed by atoms with E-state index in [0.29, 0.717) is 31.7 Å². The number of carboxylic acid groups (broad SMARTS) is 1. The molecule has 204 valence electrons. The molecule has 0 unspecified atom stereocenters. The molecule has 1 fully saturated rings. The van der Waals surface area contributed by atoms with Gasteiger partial charge in [0.2, 0.25) is 5.91 Å². The van der Waals surface area contributed by atoms with E-state index in [0.717, 1.165) is 40.2 Å². The van der Waals surface area contributed by atoms with Gasteiger partial charge in [-0.2, -0.15) is 0 Å². The van der Waals surface area contributed by atoms with Gasteiger partial charge in [0.05, 0.1) is 24.1 Å². The Balaban J connectivity index is 1.15. The summed E-state index contributed by atoms with van der Waals surface area (Å²) in [6.45, 7) is 1.56. The molecule has 2 aliphatic rings. The van der Waals surface area contributed by atoms with Crippen LogP contribution in [0.3, 0.4) is 0 Å². The fraction of sp³-hybridized carbons (Fsp3) is 0.379. The van der Waals surface area contributed by atoms with E-state index < -0.39 is 11.4 Å². The van der Waals surface area contributed by atoms with Crippen molar-refractivity contribution in [2.45, 2.75) is 44.7 Å². The summed E-state index contributed by atoms with van der Waals surface area (Å²) in [7, 11) is 0. The van der Waals surface area contributed by atoms with Gasteiger partial charge in [0.25, 0.3) is 5.91 Å². The third-order valence-electron chi connectivity index (χ3n) is 7.50. The summed E-state index contributed by atoms with van der Waals surface area (Å²) in [5, 5.41) is 15.1. The second-order valence-electron chi connectivity index (χ2n) is 10.3. The van der Waals surface area contributed by atoms with Crippen molar-refractivity contribution in [3.05, 3.63) is 70.0 Å². The van der Waals surface area contributed by atoms with E-state index >= 15 is 0 Å². The minimum Gasteiger partial charge on any atom is -0.484 e. The number of hydrogen-bond acceptors (Lipinski definition) is 7. The van der Waals surface area contributed by atoms with E-state index in [1.807, 2.05) is 53.9 Å². The molecule has 3 aromatic rings. The number of aromatic nitrogens is 1. The number of carbonyl (C=O) groups excluding carboxylic acids is 2. The van der Waals surface area contributed by atoms with Gasteiger partial charge >= 0.3 is 5.97 Å². The lowest BCUT2D eigenvalue weighted by Gasteiger charge is -2.30. The number of benzene rings is 2. The Morgan fingerprint density at radius 3 is 2.38 bits per heavy atom. The van der Waals surface area contributed by atoms with E-state index in [1.165, 1.54) is 11.3 Å². The molecule has 10 heteroatoms. The van der Waals surface area contributed by atoms with Crippen molar-refractivity contribution in [1.82, 2.24) is 15.2 Å². The molecule has 0 spiro atoms. The highest BCUT2D eigenvalue weighted by atomic mass is 32.1. The van der Waals surface area contributed by atoms with Gasteiger partial charge in [-0.05, 0) is 61.1 Å². The molecule has 2 amide bonds. The maximum absolute atomic E-state index is 13.2. The molecule has 0 bridgehead atoms. The fourth-order valence-electron chi connectivity index (χ4n) is 5.32. The molecule has 1 aromatic heterocycles. The van der Waals surface area contributed by atoms with E-state index in [2.05, 4.69) is 10.3 Å². The van der Waals surface area contributed by atoms with Gasteiger partial charge in [0.15, 0.2) is 6.61 Å². The van der Waals surface area contributed by atoms with Crippen molar-refractivity contribution in [3.8, 4) is 17.0 Å². The van der Waals surface area contributed by atoms with Crippen LogP contribution < -0.4 is 15.8 Å². The Morgan fingerprint density at radius 2 is 1.74 bits per heavy atom. The van der Waals surface area contributed by atoms with Crippen LogP contribution in [0.4, 0.5) is 0 Å². The van der Waals surface area contributed by atoms with Gasteiger partial charge in [-0.1, -0.05) is 24.3 Å². The summed E-state index contributed by atoms with van der Waals surface area (Å²) in [6, 6.07) is 15.3. The number of aliphatic carboxylic acids is 1. The molecule has 2 heterocycles. The molecular weight excluding hydrogens is 516 g/mol. The van der Waals surface area contributed by atoms with Gasteiger partial charge in [-0.25, -0.2) is 4.98 Å². The number of nitrogens with two attached hydrogens (primary N) is 1. The van der Waals surface area contributed by atoms with Gasteiger partial charge in [0.1, 0.15) is 10.8 Å². The van der Waals surface area contributed by atoms with Gasteiger partial charge in [0, 0.05) is 30.1 Å². The molecule has 5 rings (SSSR count). The fourth-order valence-corrected chi connectivity index (χ4v) is 6.07. The maximum atomic E-state index is 13.2. The zero-order valence-electron chi connectivity index (χ0n) is 21.6. The Hall–Kier alpha value is -3.76. The molecule has 0 radical (unpaired) electrons. The van der Waals surface area contributed by atoms with Crippen LogP contribution in [0.25, 0.3) is 11.3 Å². The van der Waals surface area contributed by atoms with Crippen LogP contribution in [0.2, 0.25) is 0 Å². The van der Waals surface area contributed by atoms with Gasteiger partial charge in [-0.3, -0.25) is 14.4 Å². The van der Waals surface area contributed by atoms with Crippen molar-refractivity contribution in [3.63, 3.8) is 0 Å². The van der Waals surface area contributed by atoms with Crippen molar-refractivity contribution in [2.24, 2.45) is 11.1 Å². The van der Waals surface area contributed by atoms with E-state index in [4.69, 9.17) is 10.5 Å². The van der Waals surface area contributed by atoms with Crippen LogP contribution in [0.1, 0.15) is 35.4 Å². The maximum Gasteiger partial charge on any atom is 0.304 e. The van der Waals surface area contributed by atoms with Crippen LogP contribution >= 0.6 is 11.3 Å². The molecule has 4 N–H and O–H groups in total. The number of piperidine rings is 1. The second kappa shape index (κ2) is 11.5. The summed E-state index contributed by atoms with van der Waals surface area (Å²) < 4.78 is 5.69. The first-order valence-electron chi connectivity index (χ1n) is 13.1. The summed E-state index contributed by atoms with van der Waals surface area (Å²) in [6.07, 6.45) is 2.24. The lowest BCUT2D eigenvalue weighted by Crippen LogP contribution is -2.44. The first-order chi connectivity index (χ1) is 18.8. The Morgan fingerprint density at radius 1 is 1.08 bits per heavy atom. The number of fused-ring (bicyclic) bond motifs is 1. The van der Waals surface area contributed by atoms with Gasteiger partial charge in [-0.15, -0.1) is 11.3 Å². The number of rotatable bonds is 9. The topological polar surface area (TPSA) is 135 Å². The molecule has 9 nitrogen and oxygen atoms in total. The predicted octanol–water partition coefficient (Wildman–Crippen LogP) is 3.01. The van der Waals surface area contributed by atoms with Crippen LogP contribution in [0.15, 0.2) is 53.9 Å². The molecule has 1 aliphatic heterocycles. The number of nitrogens with zero attached hydrogens (tertiary/aromatic N) is 2. The van der Waals surface area contributed by atoms with Crippen LogP contribution in [0.5, 0.6) is 5.75 Å². The molecular formula is C29H32N4O5S. The van der Waals surface area contributed by atoms with Crippen molar-refractivity contribution >= 4 is 29.1 Å². The summed E-state index contributed by atoms with van der Waals surface area (Å²) in [4.78, 5) is 43.7. The molecule has 1 saturated heterocycles. The lowest BCUT2D eigenvalue weighted by molar-refractivity contribution is -0.145.